The summed E-state index contributed by atoms with van der Waals surface area (Å²) >= 11 is 5.97. The predicted octanol–water partition coefficient (Wildman–Crippen LogP) is 8.72. The molecule has 4 rings (SSSR count). The average Bonchev–Trinajstić information content (AvgIpc) is 2.94. The summed E-state index contributed by atoms with van der Waals surface area (Å²) in [5, 5.41) is 5.01. The van der Waals surface area contributed by atoms with Gasteiger partial charge in [0, 0.05) is 29.4 Å². The van der Waals surface area contributed by atoms with Crippen LogP contribution in [0.25, 0.3) is 10.8 Å². The zero-order valence-electron chi connectivity index (χ0n) is 22.9. The fourth-order valence-corrected chi connectivity index (χ4v) is 4.74. The van der Waals surface area contributed by atoms with Gasteiger partial charge in [0.05, 0.1) is 17.2 Å². The molecule has 0 aliphatic heterocycles. The Morgan fingerprint density at radius 1 is 0.860 bits per heavy atom. The van der Waals surface area contributed by atoms with Gasteiger partial charge in [0.25, 0.3) is 5.91 Å². The van der Waals surface area contributed by atoms with Crippen LogP contribution in [-0.4, -0.2) is 29.8 Å². The van der Waals surface area contributed by atoms with Crippen LogP contribution in [0, 0.1) is 6.92 Å². The average molecular weight is 619 g/mol. The van der Waals surface area contributed by atoms with Crippen molar-refractivity contribution in [2.24, 2.45) is 0 Å². The standard InChI is InChI=1S/C32H25ClF6N2O2/c1-19-13-26(33)9-11-28(19)40-29(42)12-10-27(15-20-7-8-21-5-3-4-6-22(21)14-20)41(2)30(43)23-16-24(31(34,35)36)18-25(17-23)32(37,38)39/h3-14,16-18,27H,15H2,1-2H3,(H,40,42). The van der Waals surface area contributed by atoms with Crippen molar-refractivity contribution in [3.8, 4) is 0 Å². The number of rotatable bonds is 7. The Kier molecular flexibility index (Phi) is 9.20. The van der Waals surface area contributed by atoms with Crippen molar-refractivity contribution < 1.29 is 35.9 Å². The SMILES string of the molecule is Cc1cc(Cl)ccc1NC(=O)C=CC(Cc1ccc2ccccc2c1)N(C)C(=O)c1cc(C(F)(F)F)cc(C(F)(F)F)c1. The molecule has 2 amide bonds. The second-order valence-corrected chi connectivity index (χ2v) is 10.4. The number of likely N-dealkylation sites (N-methyl/N-ethyl adjacent to an activating group) is 1. The fourth-order valence-electron chi connectivity index (χ4n) is 4.51. The monoisotopic (exact) mass is 618 g/mol. The molecule has 0 aliphatic carbocycles. The highest BCUT2D eigenvalue weighted by atomic mass is 35.5. The van der Waals surface area contributed by atoms with Crippen LogP contribution in [0.2, 0.25) is 5.02 Å². The zero-order valence-corrected chi connectivity index (χ0v) is 23.6. The summed E-state index contributed by atoms with van der Waals surface area (Å²) in [6.45, 7) is 1.74. The number of hydrogen-bond acceptors (Lipinski definition) is 2. The molecule has 4 aromatic rings. The quantitative estimate of drug-likeness (QED) is 0.166. The summed E-state index contributed by atoms with van der Waals surface area (Å²) in [5.41, 5.74) is -2.08. The maximum absolute atomic E-state index is 13.5. The van der Waals surface area contributed by atoms with E-state index in [4.69, 9.17) is 11.6 Å². The van der Waals surface area contributed by atoms with Gasteiger partial charge in [-0.25, -0.2) is 0 Å². The van der Waals surface area contributed by atoms with E-state index in [1.54, 1.807) is 31.2 Å². The lowest BCUT2D eigenvalue weighted by Crippen LogP contribution is -2.37. The van der Waals surface area contributed by atoms with Gasteiger partial charge in [-0.2, -0.15) is 26.3 Å². The largest absolute Gasteiger partial charge is 0.416 e. The normalized spacial score (nSPS) is 12.9. The van der Waals surface area contributed by atoms with Crippen LogP contribution in [0.15, 0.2) is 91.0 Å². The number of halogens is 7. The molecular weight excluding hydrogens is 594 g/mol. The van der Waals surface area contributed by atoms with Crippen molar-refractivity contribution in [3.63, 3.8) is 0 Å². The van der Waals surface area contributed by atoms with E-state index in [1.165, 1.54) is 13.1 Å². The highest BCUT2D eigenvalue weighted by Crippen LogP contribution is 2.36. The second kappa shape index (κ2) is 12.5. The van der Waals surface area contributed by atoms with E-state index >= 15 is 0 Å². The van der Waals surface area contributed by atoms with Gasteiger partial charge in [0.1, 0.15) is 0 Å². The first-order valence-electron chi connectivity index (χ1n) is 12.9. The summed E-state index contributed by atoms with van der Waals surface area (Å²) in [6.07, 6.45) is -7.57. The van der Waals surface area contributed by atoms with E-state index in [0.29, 0.717) is 28.4 Å². The molecule has 1 unspecified atom stereocenters. The van der Waals surface area contributed by atoms with Gasteiger partial charge in [0.2, 0.25) is 5.91 Å². The van der Waals surface area contributed by atoms with E-state index in [2.05, 4.69) is 5.32 Å². The number of hydrogen-bond donors (Lipinski definition) is 1. The molecule has 0 bridgehead atoms. The van der Waals surface area contributed by atoms with Crippen molar-refractivity contribution in [2.75, 3.05) is 12.4 Å². The first-order chi connectivity index (χ1) is 20.1. The van der Waals surface area contributed by atoms with E-state index in [1.807, 2.05) is 36.4 Å². The molecule has 0 spiro atoms. The molecule has 0 heterocycles. The Labute approximate surface area is 248 Å². The lowest BCUT2D eigenvalue weighted by Gasteiger charge is -2.27. The maximum Gasteiger partial charge on any atom is 0.416 e. The minimum Gasteiger partial charge on any atom is -0.335 e. The van der Waals surface area contributed by atoms with Crippen LogP contribution in [0.3, 0.4) is 0 Å². The summed E-state index contributed by atoms with van der Waals surface area (Å²) < 4.78 is 80.7. The third kappa shape index (κ3) is 7.95. The molecular formula is C32H25ClF6N2O2. The van der Waals surface area contributed by atoms with Crippen LogP contribution in [0.5, 0.6) is 0 Å². The van der Waals surface area contributed by atoms with Crippen molar-refractivity contribution in [1.82, 2.24) is 4.90 Å². The number of carbonyl (C=O) groups excluding carboxylic acids is 2. The molecule has 224 valence electrons. The molecule has 1 N–H and O–H groups in total. The zero-order chi connectivity index (χ0) is 31.5. The number of amides is 2. The summed E-state index contributed by atoms with van der Waals surface area (Å²) in [6, 6.07) is 17.7. The van der Waals surface area contributed by atoms with E-state index in [9.17, 15) is 35.9 Å². The molecule has 0 radical (unpaired) electrons. The fraction of sp³-hybridized carbons (Fsp3) is 0.188. The molecule has 43 heavy (non-hydrogen) atoms. The Balaban J connectivity index is 1.68. The lowest BCUT2D eigenvalue weighted by molar-refractivity contribution is -0.143. The van der Waals surface area contributed by atoms with Crippen LogP contribution in [-0.2, 0) is 23.6 Å². The van der Waals surface area contributed by atoms with Gasteiger partial charge < -0.3 is 10.2 Å². The second-order valence-electron chi connectivity index (χ2n) is 9.97. The smallest absolute Gasteiger partial charge is 0.335 e. The van der Waals surface area contributed by atoms with E-state index < -0.39 is 46.9 Å². The van der Waals surface area contributed by atoms with Gasteiger partial charge in [-0.1, -0.05) is 60.1 Å². The first-order valence-corrected chi connectivity index (χ1v) is 13.3. The molecule has 0 saturated carbocycles. The number of nitrogens with one attached hydrogen (secondary N) is 1. The number of carbonyl (C=O) groups is 2. The van der Waals surface area contributed by atoms with Crippen molar-refractivity contribution in [1.29, 1.82) is 0 Å². The van der Waals surface area contributed by atoms with Gasteiger partial charge >= 0.3 is 12.4 Å². The summed E-state index contributed by atoms with van der Waals surface area (Å²) in [4.78, 5) is 27.2. The highest BCUT2D eigenvalue weighted by Gasteiger charge is 2.38. The third-order valence-corrected chi connectivity index (χ3v) is 7.06. The maximum atomic E-state index is 13.5. The van der Waals surface area contributed by atoms with Crippen LogP contribution >= 0.6 is 11.6 Å². The van der Waals surface area contributed by atoms with Gasteiger partial charge in [-0.05, 0) is 71.6 Å². The van der Waals surface area contributed by atoms with Crippen LogP contribution < -0.4 is 5.32 Å². The number of alkyl halides is 6. The van der Waals surface area contributed by atoms with Gasteiger partial charge in [-0.15, -0.1) is 0 Å². The lowest BCUT2D eigenvalue weighted by atomic mass is 9.99. The van der Waals surface area contributed by atoms with Crippen molar-refractivity contribution >= 4 is 39.9 Å². The Bertz CT molecular complexity index is 1670. The van der Waals surface area contributed by atoms with Crippen LogP contribution in [0.4, 0.5) is 32.0 Å². The topological polar surface area (TPSA) is 49.4 Å². The van der Waals surface area contributed by atoms with Crippen LogP contribution in [0.1, 0.15) is 32.6 Å². The highest BCUT2D eigenvalue weighted by molar-refractivity contribution is 6.30. The number of nitrogens with zero attached hydrogens (tertiary/aromatic N) is 1. The number of aryl methyl sites for hydroxylation is 1. The molecule has 4 nitrogen and oxygen atoms in total. The molecule has 11 heteroatoms. The minimum atomic E-state index is -5.11. The van der Waals surface area contributed by atoms with Gasteiger partial charge in [-0.3, -0.25) is 9.59 Å². The Morgan fingerprint density at radius 2 is 1.49 bits per heavy atom. The molecule has 0 aromatic heterocycles. The third-order valence-electron chi connectivity index (χ3n) is 6.83. The van der Waals surface area contributed by atoms with Gasteiger partial charge in [0.15, 0.2) is 0 Å². The van der Waals surface area contributed by atoms with Crippen molar-refractivity contribution in [2.45, 2.75) is 31.7 Å². The molecule has 0 aliphatic rings. The number of fused-ring (bicyclic) bond motifs is 1. The Morgan fingerprint density at radius 3 is 2.09 bits per heavy atom. The molecule has 4 aromatic carbocycles. The van der Waals surface area contributed by atoms with Crippen molar-refractivity contribution in [3.05, 3.63) is 124 Å². The minimum absolute atomic E-state index is 0.0354. The Hall–Kier alpha value is -4.31. The number of benzene rings is 4. The number of anilines is 1. The predicted molar refractivity (Wildman–Crippen MR) is 154 cm³/mol. The molecule has 0 fully saturated rings. The summed E-state index contributed by atoms with van der Waals surface area (Å²) in [5.74, 6) is -1.64. The van der Waals surface area contributed by atoms with E-state index in [0.717, 1.165) is 27.3 Å². The molecule has 0 saturated heterocycles. The first kappa shape index (κ1) is 31.6. The summed E-state index contributed by atoms with van der Waals surface area (Å²) in [7, 11) is 1.26. The van der Waals surface area contributed by atoms with E-state index in [-0.39, 0.29) is 12.5 Å². The molecule has 1 atom stereocenters.